The van der Waals surface area contributed by atoms with Crippen LogP contribution in [0.3, 0.4) is 0 Å². The van der Waals surface area contributed by atoms with Crippen LogP contribution < -0.4 is 10.9 Å². The molecule has 2 N–H and O–H groups in total. The lowest BCUT2D eigenvalue weighted by atomic mass is 10.0. The van der Waals surface area contributed by atoms with Gasteiger partial charge in [-0.3, -0.25) is 0 Å². The van der Waals surface area contributed by atoms with Gasteiger partial charge in [0.25, 0.3) is 0 Å². The fraction of sp³-hybridized carbons (Fsp3) is 0.250. The van der Waals surface area contributed by atoms with Crippen LogP contribution in [0, 0.1) is 6.92 Å². The molecule has 2 nitrogen and oxygen atoms in total. The van der Waals surface area contributed by atoms with Crippen molar-refractivity contribution in [2.45, 2.75) is 26.7 Å². The maximum Gasteiger partial charge on any atom is 0.0540 e. The molecule has 2 aromatic carbocycles. The van der Waals surface area contributed by atoms with E-state index in [1.807, 2.05) is 0 Å². The highest BCUT2D eigenvalue weighted by Crippen LogP contribution is 2.17. The standard InChI is InChI=1S/C16H20N2/c1-12(2)14-6-10-16(11-7-14)18-17-15-8-4-13(3)5-9-15/h4-12,17-18H,1-3H3. The van der Waals surface area contributed by atoms with Crippen LogP contribution in [0.15, 0.2) is 48.5 Å². The molecule has 2 rings (SSSR count). The van der Waals surface area contributed by atoms with Gasteiger partial charge in [0.15, 0.2) is 0 Å². The van der Waals surface area contributed by atoms with Crippen LogP contribution in [-0.2, 0) is 0 Å². The van der Waals surface area contributed by atoms with Gasteiger partial charge in [0.2, 0.25) is 0 Å². The SMILES string of the molecule is Cc1ccc(NNc2ccc(C(C)C)cc2)cc1. The van der Waals surface area contributed by atoms with Gasteiger partial charge in [0.05, 0.1) is 11.4 Å². The molecule has 0 amide bonds. The van der Waals surface area contributed by atoms with E-state index in [9.17, 15) is 0 Å². The number of benzene rings is 2. The molecule has 94 valence electrons. The maximum atomic E-state index is 3.20. The summed E-state index contributed by atoms with van der Waals surface area (Å²) in [5.74, 6) is 0.573. The Balaban J connectivity index is 1.95. The maximum absolute atomic E-state index is 3.20. The van der Waals surface area contributed by atoms with E-state index in [1.165, 1.54) is 11.1 Å². The molecule has 2 aromatic rings. The summed E-state index contributed by atoms with van der Waals surface area (Å²) in [6.07, 6.45) is 0. The number of hydrogen-bond acceptors (Lipinski definition) is 2. The van der Waals surface area contributed by atoms with Crippen LogP contribution in [0.4, 0.5) is 11.4 Å². The highest BCUT2D eigenvalue weighted by Gasteiger charge is 1.98. The second-order valence-corrected chi connectivity index (χ2v) is 4.89. The highest BCUT2D eigenvalue weighted by atomic mass is 15.4. The van der Waals surface area contributed by atoms with Crippen LogP contribution in [0.2, 0.25) is 0 Å². The molecule has 0 aliphatic rings. The summed E-state index contributed by atoms with van der Waals surface area (Å²) in [4.78, 5) is 0. The molecular formula is C16H20N2. The molecule has 0 radical (unpaired) electrons. The van der Waals surface area contributed by atoms with E-state index in [0.717, 1.165) is 11.4 Å². The third-order valence-corrected chi connectivity index (χ3v) is 2.98. The monoisotopic (exact) mass is 240 g/mol. The molecule has 0 aromatic heterocycles. The summed E-state index contributed by atoms with van der Waals surface area (Å²) in [5, 5.41) is 0. The van der Waals surface area contributed by atoms with Crippen molar-refractivity contribution in [3.63, 3.8) is 0 Å². The van der Waals surface area contributed by atoms with Crippen LogP contribution in [0.25, 0.3) is 0 Å². The normalized spacial score (nSPS) is 10.4. The molecular weight excluding hydrogens is 220 g/mol. The van der Waals surface area contributed by atoms with Gasteiger partial charge in [-0.2, -0.15) is 0 Å². The lowest BCUT2D eigenvalue weighted by Gasteiger charge is -2.11. The summed E-state index contributed by atoms with van der Waals surface area (Å²) in [6.45, 7) is 6.49. The lowest BCUT2D eigenvalue weighted by Crippen LogP contribution is -2.08. The Kier molecular flexibility index (Phi) is 3.88. The first-order chi connectivity index (χ1) is 8.65. The molecule has 0 saturated heterocycles. The van der Waals surface area contributed by atoms with Crippen LogP contribution in [0.5, 0.6) is 0 Å². The molecule has 0 spiro atoms. The minimum atomic E-state index is 0.573. The molecule has 0 atom stereocenters. The van der Waals surface area contributed by atoms with Crippen molar-refractivity contribution < 1.29 is 0 Å². The summed E-state index contributed by atoms with van der Waals surface area (Å²) in [7, 11) is 0. The average Bonchev–Trinajstić information content (AvgIpc) is 2.38. The van der Waals surface area contributed by atoms with E-state index in [0.29, 0.717) is 5.92 Å². The zero-order valence-corrected chi connectivity index (χ0v) is 11.2. The van der Waals surface area contributed by atoms with E-state index in [-0.39, 0.29) is 0 Å². The number of anilines is 2. The topological polar surface area (TPSA) is 24.1 Å². The van der Waals surface area contributed by atoms with E-state index in [4.69, 9.17) is 0 Å². The summed E-state index contributed by atoms with van der Waals surface area (Å²) in [6, 6.07) is 16.8. The average molecular weight is 240 g/mol. The van der Waals surface area contributed by atoms with Gasteiger partial charge < -0.3 is 10.9 Å². The van der Waals surface area contributed by atoms with Gasteiger partial charge in [-0.25, -0.2) is 0 Å². The largest absolute Gasteiger partial charge is 0.301 e. The fourth-order valence-corrected chi connectivity index (χ4v) is 1.73. The summed E-state index contributed by atoms with van der Waals surface area (Å²) >= 11 is 0. The second kappa shape index (κ2) is 5.58. The van der Waals surface area contributed by atoms with Crippen LogP contribution in [0.1, 0.15) is 30.9 Å². The van der Waals surface area contributed by atoms with Crippen molar-refractivity contribution in [3.8, 4) is 0 Å². The Hall–Kier alpha value is -1.96. The number of aryl methyl sites for hydroxylation is 1. The van der Waals surface area contributed by atoms with Gasteiger partial charge >= 0.3 is 0 Å². The van der Waals surface area contributed by atoms with E-state index < -0.39 is 0 Å². The first kappa shape index (κ1) is 12.5. The number of nitrogens with one attached hydrogen (secondary N) is 2. The van der Waals surface area contributed by atoms with Crippen LogP contribution >= 0.6 is 0 Å². The predicted molar refractivity (Wildman–Crippen MR) is 79.0 cm³/mol. The quantitative estimate of drug-likeness (QED) is 0.766. The van der Waals surface area contributed by atoms with Crippen molar-refractivity contribution in [1.82, 2.24) is 0 Å². The van der Waals surface area contributed by atoms with Crippen molar-refractivity contribution in [1.29, 1.82) is 0 Å². The number of rotatable bonds is 4. The van der Waals surface area contributed by atoms with Crippen molar-refractivity contribution in [2.24, 2.45) is 0 Å². The summed E-state index contributed by atoms with van der Waals surface area (Å²) < 4.78 is 0. The number of hydrazine groups is 1. The molecule has 2 heteroatoms. The predicted octanol–water partition coefficient (Wildman–Crippen LogP) is 4.56. The fourth-order valence-electron chi connectivity index (χ4n) is 1.73. The minimum Gasteiger partial charge on any atom is -0.301 e. The van der Waals surface area contributed by atoms with Gasteiger partial charge in [-0.05, 0) is 42.7 Å². The Labute approximate surface area is 109 Å². The van der Waals surface area contributed by atoms with Gasteiger partial charge in [-0.1, -0.05) is 43.7 Å². The molecule has 0 aliphatic carbocycles. The molecule has 0 unspecified atom stereocenters. The zero-order chi connectivity index (χ0) is 13.0. The van der Waals surface area contributed by atoms with Gasteiger partial charge in [0, 0.05) is 0 Å². The molecule has 18 heavy (non-hydrogen) atoms. The minimum absolute atomic E-state index is 0.573. The molecule has 0 saturated carbocycles. The second-order valence-electron chi connectivity index (χ2n) is 4.89. The van der Waals surface area contributed by atoms with E-state index in [1.54, 1.807) is 0 Å². The lowest BCUT2D eigenvalue weighted by molar-refractivity contribution is 0.867. The highest BCUT2D eigenvalue weighted by molar-refractivity contribution is 5.53. The Morgan fingerprint density at radius 3 is 1.61 bits per heavy atom. The van der Waals surface area contributed by atoms with Crippen molar-refractivity contribution >= 4 is 11.4 Å². The van der Waals surface area contributed by atoms with E-state index in [2.05, 4.69) is 80.2 Å². The molecule has 0 aliphatic heterocycles. The Morgan fingerprint density at radius 1 is 0.722 bits per heavy atom. The Bertz CT molecular complexity index is 484. The zero-order valence-electron chi connectivity index (χ0n) is 11.2. The Morgan fingerprint density at radius 2 is 1.17 bits per heavy atom. The molecule has 0 bridgehead atoms. The third kappa shape index (κ3) is 3.27. The van der Waals surface area contributed by atoms with Crippen LogP contribution in [-0.4, -0.2) is 0 Å². The van der Waals surface area contributed by atoms with Crippen molar-refractivity contribution in [3.05, 3.63) is 59.7 Å². The smallest absolute Gasteiger partial charge is 0.0540 e. The van der Waals surface area contributed by atoms with Gasteiger partial charge in [0.1, 0.15) is 0 Å². The summed E-state index contributed by atoms with van der Waals surface area (Å²) in [5.41, 5.74) is 11.1. The van der Waals surface area contributed by atoms with E-state index >= 15 is 0 Å². The molecule has 0 heterocycles. The molecule has 0 fully saturated rings. The third-order valence-electron chi connectivity index (χ3n) is 2.98. The van der Waals surface area contributed by atoms with Crippen molar-refractivity contribution in [2.75, 3.05) is 10.9 Å². The first-order valence-electron chi connectivity index (χ1n) is 6.34. The van der Waals surface area contributed by atoms with Gasteiger partial charge in [-0.15, -0.1) is 0 Å². The first-order valence-corrected chi connectivity index (χ1v) is 6.34. The number of hydrogen-bond donors (Lipinski definition) is 2.